The fraction of sp³-hybridized carbons (Fsp3) is 0.200. The molecule has 27 heavy (non-hydrogen) atoms. The summed E-state index contributed by atoms with van der Waals surface area (Å²) in [4.78, 5) is 21.8. The lowest BCUT2D eigenvalue weighted by molar-refractivity contribution is 0.102. The van der Waals surface area contributed by atoms with Crippen LogP contribution in [-0.4, -0.2) is 25.7 Å². The maximum absolute atomic E-state index is 12.8. The third kappa shape index (κ3) is 3.21. The molecule has 0 saturated carbocycles. The Kier molecular flexibility index (Phi) is 4.45. The predicted octanol–water partition coefficient (Wildman–Crippen LogP) is 4.31. The molecule has 0 saturated heterocycles. The summed E-state index contributed by atoms with van der Waals surface area (Å²) in [5.74, 6) is 0.488. The third-order valence-electron chi connectivity index (χ3n) is 4.36. The van der Waals surface area contributed by atoms with Crippen molar-refractivity contribution < 1.29 is 4.79 Å². The molecule has 3 heterocycles. The Labute approximate surface area is 160 Å². The van der Waals surface area contributed by atoms with Crippen molar-refractivity contribution in [1.82, 2.24) is 19.7 Å². The van der Waals surface area contributed by atoms with E-state index in [1.807, 2.05) is 32.0 Å². The minimum atomic E-state index is -0.206. The molecule has 0 aliphatic rings. The van der Waals surface area contributed by atoms with Crippen molar-refractivity contribution in [3.8, 4) is 5.82 Å². The first-order valence-electron chi connectivity index (χ1n) is 8.74. The zero-order valence-electron chi connectivity index (χ0n) is 15.4. The van der Waals surface area contributed by atoms with Gasteiger partial charge in [0.25, 0.3) is 5.91 Å². The van der Waals surface area contributed by atoms with E-state index < -0.39 is 0 Å². The van der Waals surface area contributed by atoms with Crippen LogP contribution < -0.4 is 5.32 Å². The number of rotatable bonds is 4. The Morgan fingerprint density at radius 3 is 2.85 bits per heavy atom. The molecule has 0 spiro atoms. The molecule has 7 heteroatoms. The average Bonchev–Trinajstić information content (AvgIpc) is 3.26. The molecule has 0 aliphatic heterocycles. The molecule has 0 fully saturated rings. The first-order valence-corrected chi connectivity index (χ1v) is 9.56. The number of fused-ring (bicyclic) bond motifs is 1. The molecule has 0 aliphatic carbocycles. The van der Waals surface area contributed by atoms with Gasteiger partial charge in [0.05, 0.1) is 27.7 Å². The van der Waals surface area contributed by atoms with Gasteiger partial charge in [-0.2, -0.15) is 5.10 Å². The Hall–Kier alpha value is -3.06. The Bertz CT molecular complexity index is 1130. The SMILES string of the molecule is CCc1c(C(=O)Nc2nc3c(C)cc(C)cc3s2)cnn1-c1ccccn1. The van der Waals surface area contributed by atoms with E-state index in [-0.39, 0.29) is 5.91 Å². The number of carbonyl (C=O) groups is 1. The maximum atomic E-state index is 12.8. The molecule has 0 bridgehead atoms. The van der Waals surface area contributed by atoms with Crippen molar-refractivity contribution in [1.29, 1.82) is 0 Å². The first-order chi connectivity index (χ1) is 13.1. The topological polar surface area (TPSA) is 72.7 Å². The number of nitrogens with one attached hydrogen (secondary N) is 1. The normalized spacial score (nSPS) is 11.1. The highest BCUT2D eigenvalue weighted by atomic mass is 32.1. The molecule has 4 aromatic rings. The highest BCUT2D eigenvalue weighted by Gasteiger charge is 2.19. The second-order valence-corrected chi connectivity index (χ2v) is 7.39. The second-order valence-electron chi connectivity index (χ2n) is 6.36. The van der Waals surface area contributed by atoms with Gasteiger partial charge < -0.3 is 0 Å². The summed E-state index contributed by atoms with van der Waals surface area (Å²) in [6.07, 6.45) is 3.96. The molecule has 1 N–H and O–H groups in total. The van der Waals surface area contributed by atoms with Gasteiger partial charge in [0.15, 0.2) is 10.9 Å². The summed E-state index contributed by atoms with van der Waals surface area (Å²) in [5.41, 5.74) is 4.58. The summed E-state index contributed by atoms with van der Waals surface area (Å²) < 4.78 is 2.78. The van der Waals surface area contributed by atoms with Crippen LogP contribution >= 0.6 is 11.3 Å². The van der Waals surface area contributed by atoms with Crippen molar-refractivity contribution in [2.24, 2.45) is 0 Å². The van der Waals surface area contributed by atoms with Gasteiger partial charge in [0.1, 0.15) is 0 Å². The quantitative estimate of drug-likeness (QED) is 0.575. The lowest BCUT2D eigenvalue weighted by Crippen LogP contribution is -2.14. The second kappa shape index (κ2) is 6.92. The zero-order chi connectivity index (χ0) is 19.0. The van der Waals surface area contributed by atoms with Crippen LogP contribution in [0.15, 0.2) is 42.7 Å². The van der Waals surface area contributed by atoms with E-state index in [1.165, 1.54) is 16.9 Å². The van der Waals surface area contributed by atoms with Crippen LogP contribution in [0.25, 0.3) is 16.0 Å². The van der Waals surface area contributed by atoms with Crippen LogP contribution in [-0.2, 0) is 6.42 Å². The van der Waals surface area contributed by atoms with E-state index in [0.29, 0.717) is 22.9 Å². The fourth-order valence-corrected chi connectivity index (χ4v) is 4.21. The van der Waals surface area contributed by atoms with Crippen LogP contribution in [0, 0.1) is 13.8 Å². The van der Waals surface area contributed by atoms with Gasteiger partial charge in [-0.3, -0.25) is 10.1 Å². The Morgan fingerprint density at radius 1 is 1.26 bits per heavy atom. The van der Waals surface area contributed by atoms with Crippen molar-refractivity contribution in [2.75, 3.05) is 5.32 Å². The molecule has 6 nitrogen and oxygen atoms in total. The molecular formula is C20H19N5OS. The van der Waals surface area contributed by atoms with Crippen LogP contribution in [0.1, 0.15) is 34.1 Å². The van der Waals surface area contributed by atoms with E-state index >= 15 is 0 Å². The molecule has 3 aromatic heterocycles. The van der Waals surface area contributed by atoms with Gasteiger partial charge in [-0.05, 0) is 49.6 Å². The van der Waals surface area contributed by atoms with Crippen molar-refractivity contribution >= 4 is 32.6 Å². The van der Waals surface area contributed by atoms with Crippen LogP contribution in [0.3, 0.4) is 0 Å². The molecule has 1 amide bonds. The Morgan fingerprint density at radius 2 is 2.11 bits per heavy atom. The average molecular weight is 377 g/mol. The number of thiazole rings is 1. The molecular weight excluding hydrogens is 358 g/mol. The molecule has 0 radical (unpaired) electrons. The number of aryl methyl sites for hydroxylation is 2. The standard InChI is InChI=1S/C20H19N5OS/c1-4-15-14(11-22-25(15)17-7-5-6-8-21-17)19(26)24-20-23-18-13(3)9-12(2)10-16(18)27-20/h5-11H,4H2,1-3H3,(H,23,24,26). The summed E-state index contributed by atoms with van der Waals surface area (Å²) in [6.45, 7) is 6.09. The van der Waals surface area contributed by atoms with Gasteiger partial charge in [-0.15, -0.1) is 0 Å². The monoisotopic (exact) mass is 377 g/mol. The number of benzene rings is 1. The van der Waals surface area contributed by atoms with E-state index in [0.717, 1.165) is 21.5 Å². The molecule has 0 unspecified atom stereocenters. The summed E-state index contributed by atoms with van der Waals surface area (Å²) in [7, 11) is 0. The first kappa shape index (κ1) is 17.4. The van der Waals surface area contributed by atoms with Gasteiger partial charge >= 0.3 is 0 Å². The lowest BCUT2D eigenvalue weighted by atomic mass is 10.1. The van der Waals surface area contributed by atoms with Gasteiger partial charge in [-0.1, -0.05) is 30.4 Å². The minimum Gasteiger partial charge on any atom is -0.298 e. The predicted molar refractivity (Wildman–Crippen MR) is 108 cm³/mol. The molecule has 4 rings (SSSR count). The van der Waals surface area contributed by atoms with E-state index in [2.05, 4.69) is 39.4 Å². The number of hydrogen-bond donors (Lipinski definition) is 1. The molecule has 136 valence electrons. The van der Waals surface area contributed by atoms with Crippen LogP contribution in [0.5, 0.6) is 0 Å². The largest absolute Gasteiger partial charge is 0.298 e. The highest BCUT2D eigenvalue weighted by molar-refractivity contribution is 7.22. The van der Waals surface area contributed by atoms with Crippen molar-refractivity contribution in [2.45, 2.75) is 27.2 Å². The number of amides is 1. The number of aromatic nitrogens is 4. The number of anilines is 1. The highest BCUT2D eigenvalue weighted by Crippen LogP contribution is 2.29. The summed E-state index contributed by atoms with van der Waals surface area (Å²) in [6, 6.07) is 9.80. The van der Waals surface area contributed by atoms with Gasteiger partial charge in [0.2, 0.25) is 0 Å². The van der Waals surface area contributed by atoms with Crippen molar-refractivity contribution in [3.05, 3.63) is 65.1 Å². The van der Waals surface area contributed by atoms with E-state index in [9.17, 15) is 4.79 Å². The number of hydrogen-bond acceptors (Lipinski definition) is 5. The Balaban J connectivity index is 1.66. The maximum Gasteiger partial charge on any atom is 0.260 e. The van der Waals surface area contributed by atoms with E-state index in [4.69, 9.17) is 0 Å². The summed E-state index contributed by atoms with van der Waals surface area (Å²) in [5, 5.41) is 7.89. The zero-order valence-corrected chi connectivity index (χ0v) is 16.2. The number of pyridine rings is 1. The van der Waals surface area contributed by atoms with Gasteiger partial charge in [-0.25, -0.2) is 14.6 Å². The number of carbonyl (C=O) groups excluding carboxylic acids is 1. The van der Waals surface area contributed by atoms with E-state index in [1.54, 1.807) is 17.1 Å². The van der Waals surface area contributed by atoms with Gasteiger partial charge in [0, 0.05) is 6.20 Å². The van der Waals surface area contributed by atoms with Crippen LogP contribution in [0.2, 0.25) is 0 Å². The third-order valence-corrected chi connectivity index (χ3v) is 5.28. The molecule has 0 atom stereocenters. The number of nitrogens with zero attached hydrogens (tertiary/aromatic N) is 4. The fourth-order valence-electron chi connectivity index (χ4n) is 3.17. The lowest BCUT2D eigenvalue weighted by Gasteiger charge is -2.06. The minimum absolute atomic E-state index is 0.206. The van der Waals surface area contributed by atoms with Crippen LogP contribution in [0.4, 0.5) is 5.13 Å². The smallest absolute Gasteiger partial charge is 0.260 e. The van der Waals surface area contributed by atoms with Crippen molar-refractivity contribution in [3.63, 3.8) is 0 Å². The molecule has 1 aromatic carbocycles. The summed E-state index contributed by atoms with van der Waals surface area (Å²) >= 11 is 1.48.